The van der Waals surface area contributed by atoms with E-state index in [2.05, 4.69) is 27.4 Å². The number of anilines is 2. The van der Waals surface area contributed by atoms with Crippen LogP contribution in [0.3, 0.4) is 0 Å². The lowest BCUT2D eigenvalue weighted by molar-refractivity contribution is -0.119. The van der Waals surface area contributed by atoms with Crippen LogP contribution in [0.15, 0.2) is 42.7 Å². The number of nitrogens with one attached hydrogen (secondary N) is 1. The lowest BCUT2D eigenvalue weighted by atomic mass is 10.1. The normalized spacial score (nSPS) is 17.2. The molecule has 3 N–H and O–H groups in total. The van der Waals surface area contributed by atoms with E-state index in [-0.39, 0.29) is 11.9 Å². The minimum absolute atomic E-state index is 0.262. The molecular formula is C17H21N5O. The van der Waals surface area contributed by atoms with Crippen LogP contribution in [0.2, 0.25) is 0 Å². The molecule has 0 unspecified atom stereocenters. The maximum atomic E-state index is 11.5. The topological polar surface area (TPSA) is 84.1 Å². The number of hydrogen-bond acceptors (Lipinski definition) is 5. The first-order valence-electron chi connectivity index (χ1n) is 7.90. The van der Waals surface area contributed by atoms with E-state index in [0.717, 1.165) is 44.0 Å². The summed E-state index contributed by atoms with van der Waals surface area (Å²) >= 11 is 0. The van der Waals surface area contributed by atoms with Crippen LogP contribution in [-0.2, 0) is 11.2 Å². The van der Waals surface area contributed by atoms with Gasteiger partial charge >= 0.3 is 0 Å². The van der Waals surface area contributed by atoms with E-state index in [9.17, 15) is 4.79 Å². The molecule has 23 heavy (non-hydrogen) atoms. The van der Waals surface area contributed by atoms with Gasteiger partial charge in [-0.3, -0.25) is 4.79 Å². The SMILES string of the molecule is NC(=O)[C@H]1CCCN1c1cc(NCCc2ccccc2)ncn1. The molecule has 0 saturated carbocycles. The third-order valence-electron chi connectivity index (χ3n) is 4.09. The fourth-order valence-electron chi connectivity index (χ4n) is 2.92. The summed E-state index contributed by atoms with van der Waals surface area (Å²) in [6.07, 6.45) is 4.19. The summed E-state index contributed by atoms with van der Waals surface area (Å²) in [7, 11) is 0. The number of rotatable bonds is 6. The van der Waals surface area contributed by atoms with Crippen LogP contribution in [0.4, 0.5) is 11.6 Å². The average Bonchev–Trinajstić information content (AvgIpc) is 3.06. The lowest BCUT2D eigenvalue weighted by Crippen LogP contribution is -2.40. The molecule has 2 aromatic rings. The Morgan fingerprint density at radius 3 is 2.91 bits per heavy atom. The number of benzene rings is 1. The molecule has 0 spiro atoms. The van der Waals surface area contributed by atoms with Gasteiger partial charge in [0.2, 0.25) is 5.91 Å². The van der Waals surface area contributed by atoms with E-state index in [4.69, 9.17) is 5.73 Å². The molecule has 0 aliphatic carbocycles. The zero-order chi connectivity index (χ0) is 16.1. The molecule has 0 radical (unpaired) electrons. The van der Waals surface area contributed by atoms with E-state index in [1.54, 1.807) is 0 Å². The zero-order valence-electron chi connectivity index (χ0n) is 13.0. The van der Waals surface area contributed by atoms with E-state index in [1.807, 2.05) is 29.2 Å². The first kappa shape index (κ1) is 15.3. The van der Waals surface area contributed by atoms with Gasteiger partial charge in [-0.15, -0.1) is 0 Å². The number of nitrogens with zero attached hydrogens (tertiary/aromatic N) is 3. The maximum absolute atomic E-state index is 11.5. The highest BCUT2D eigenvalue weighted by Gasteiger charge is 2.30. The highest BCUT2D eigenvalue weighted by atomic mass is 16.1. The minimum atomic E-state index is -0.292. The summed E-state index contributed by atoms with van der Waals surface area (Å²) in [5, 5.41) is 3.31. The summed E-state index contributed by atoms with van der Waals surface area (Å²) in [5.41, 5.74) is 6.75. The highest BCUT2D eigenvalue weighted by molar-refractivity contribution is 5.84. The maximum Gasteiger partial charge on any atom is 0.240 e. The molecule has 1 amide bonds. The Morgan fingerprint density at radius 2 is 2.13 bits per heavy atom. The van der Waals surface area contributed by atoms with Crippen molar-refractivity contribution in [3.8, 4) is 0 Å². The van der Waals surface area contributed by atoms with Crippen molar-refractivity contribution < 1.29 is 4.79 Å². The van der Waals surface area contributed by atoms with Crippen LogP contribution in [0, 0.1) is 0 Å². The number of primary amides is 1. The Labute approximate surface area is 135 Å². The van der Waals surface area contributed by atoms with Crippen LogP contribution < -0.4 is 16.0 Å². The molecular weight excluding hydrogens is 290 g/mol. The summed E-state index contributed by atoms with van der Waals surface area (Å²) in [4.78, 5) is 22.0. The summed E-state index contributed by atoms with van der Waals surface area (Å²) in [6.45, 7) is 1.59. The number of hydrogen-bond donors (Lipinski definition) is 2. The average molecular weight is 311 g/mol. The first-order chi connectivity index (χ1) is 11.2. The van der Waals surface area contributed by atoms with Crippen molar-refractivity contribution >= 4 is 17.5 Å². The molecule has 6 nitrogen and oxygen atoms in total. The fourth-order valence-corrected chi connectivity index (χ4v) is 2.92. The van der Waals surface area contributed by atoms with Crippen molar-refractivity contribution in [1.29, 1.82) is 0 Å². The van der Waals surface area contributed by atoms with Gasteiger partial charge in [0.25, 0.3) is 0 Å². The molecule has 1 atom stereocenters. The Balaban J connectivity index is 1.62. The van der Waals surface area contributed by atoms with Crippen molar-refractivity contribution in [3.63, 3.8) is 0 Å². The number of carbonyl (C=O) groups is 1. The summed E-state index contributed by atoms with van der Waals surface area (Å²) < 4.78 is 0. The van der Waals surface area contributed by atoms with Gasteiger partial charge in [0, 0.05) is 19.2 Å². The second kappa shape index (κ2) is 7.09. The predicted molar refractivity (Wildman–Crippen MR) is 90.2 cm³/mol. The Bertz CT molecular complexity index is 661. The number of nitrogens with two attached hydrogens (primary N) is 1. The summed E-state index contributed by atoms with van der Waals surface area (Å²) in [5.74, 6) is 1.23. The van der Waals surface area contributed by atoms with Crippen molar-refractivity contribution in [2.45, 2.75) is 25.3 Å². The molecule has 6 heteroatoms. The van der Waals surface area contributed by atoms with Gasteiger partial charge < -0.3 is 16.0 Å². The Hall–Kier alpha value is -2.63. The van der Waals surface area contributed by atoms with Crippen LogP contribution in [0.5, 0.6) is 0 Å². The largest absolute Gasteiger partial charge is 0.370 e. The van der Waals surface area contributed by atoms with Gasteiger partial charge in [0.05, 0.1) is 0 Å². The molecule has 3 rings (SSSR count). The number of amides is 1. The predicted octanol–water partition coefficient (Wildman–Crippen LogP) is 1.59. The number of carbonyl (C=O) groups excluding carboxylic acids is 1. The van der Waals surface area contributed by atoms with E-state index in [0.29, 0.717) is 0 Å². The van der Waals surface area contributed by atoms with E-state index >= 15 is 0 Å². The van der Waals surface area contributed by atoms with Gasteiger partial charge in [-0.2, -0.15) is 0 Å². The molecule has 1 saturated heterocycles. The van der Waals surface area contributed by atoms with Gasteiger partial charge in [-0.05, 0) is 24.8 Å². The zero-order valence-corrected chi connectivity index (χ0v) is 13.0. The second-order valence-corrected chi connectivity index (χ2v) is 5.68. The molecule has 1 aliphatic rings. The van der Waals surface area contributed by atoms with E-state index in [1.165, 1.54) is 11.9 Å². The molecule has 1 aromatic carbocycles. The van der Waals surface area contributed by atoms with Gasteiger partial charge in [-0.1, -0.05) is 30.3 Å². The quantitative estimate of drug-likeness (QED) is 0.846. The van der Waals surface area contributed by atoms with Crippen LogP contribution >= 0.6 is 0 Å². The van der Waals surface area contributed by atoms with Crippen LogP contribution in [-0.4, -0.2) is 35.0 Å². The highest BCUT2D eigenvalue weighted by Crippen LogP contribution is 2.24. The molecule has 1 aliphatic heterocycles. The van der Waals surface area contributed by atoms with Gasteiger partial charge in [-0.25, -0.2) is 9.97 Å². The third-order valence-corrected chi connectivity index (χ3v) is 4.09. The Morgan fingerprint density at radius 1 is 1.30 bits per heavy atom. The van der Waals surface area contributed by atoms with Crippen LogP contribution in [0.25, 0.3) is 0 Å². The van der Waals surface area contributed by atoms with Crippen molar-refractivity contribution in [2.75, 3.05) is 23.3 Å². The molecule has 0 bridgehead atoms. The second-order valence-electron chi connectivity index (χ2n) is 5.68. The Kier molecular flexibility index (Phi) is 4.71. The number of aromatic nitrogens is 2. The molecule has 120 valence electrons. The first-order valence-corrected chi connectivity index (χ1v) is 7.90. The third kappa shape index (κ3) is 3.77. The molecule has 1 aromatic heterocycles. The minimum Gasteiger partial charge on any atom is -0.370 e. The standard InChI is InChI=1S/C17H21N5O/c18-17(23)14-7-4-10-22(14)16-11-15(20-12-21-16)19-9-8-13-5-2-1-3-6-13/h1-3,5-6,11-12,14H,4,7-10H2,(H2,18,23)(H,19,20,21)/t14-/m1/s1. The van der Waals surface area contributed by atoms with E-state index < -0.39 is 0 Å². The van der Waals surface area contributed by atoms with Gasteiger partial charge in [0.1, 0.15) is 24.0 Å². The van der Waals surface area contributed by atoms with Crippen molar-refractivity contribution in [3.05, 3.63) is 48.3 Å². The van der Waals surface area contributed by atoms with Crippen molar-refractivity contribution in [2.24, 2.45) is 5.73 Å². The fraction of sp³-hybridized carbons (Fsp3) is 0.353. The molecule has 2 heterocycles. The lowest BCUT2D eigenvalue weighted by Gasteiger charge is -2.23. The monoisotopic (exact) mass is 311 g/mol. The van der Waals surface area contributed by atoms with Gasteiger partial charge in [0.15, 0.2) is 0 Å². The molecule has 1 fully saturated rings. The van der Waals surface area contributed by atoms with Crippen molar-refractivity contribution in [1.82, 2.24) is 9.97 Å². The van der Waals surface area contributed by atoms with Crippen LogP contribution in [0.1, 0.15) is 18.4 Å². The summed E-state index contributed by atoms with van der Waals surface area (Å²) in [6, 6.07) is 11.9. The smallest absolute Gasteiger partial charge is 0.240 e.